The second-order valence-corrected chi connectivity index (χ2v) is 9.59. The Morgan fingerprint density at radius 3 is 2.62 bits per heavy atom. The van der Waals surface area contributed by atoms with E-state index < -0.39 is 5.60 Å². The van der Waals surface area contributed by atoms with Gasteiger partial charge in [-0.3, -0.25) is 4.79 Å². The molecule has 1 heterocycles. The van der Waals surface area contributed by atoms with Crippen molar-refractivity contribution in [2.75, 3.05) is 19.8 Å². The van der Waals surface area contributed by atoms with Crippen molar-refractivity contribution in [3.05, 3.63) is 65.4 Å². The molecule has 1 aromatic carbocycles. The molecule has 3 rings (SSSR count). The van der Waals surface area contributed by atoms with Gasteiger partial charge < -0.3 is 24.6 Å². The molecule has 0 spiro atoms. The predicted octanol–water partition coefficient (Wildman–Crippen LogP) is 3.66. The number of allylic oxidation sites excluding steroid dienone is 2. The molecule has 0 aliphatic heterocycles. The van der Waals surface area contributed by atoms with Crippen LogP contribution in [-0.4, -0.2) is 56.1 Å². The van der Waals surface area contributed by atoms with Crippen molar-refractivity contribution in [3.63, 3.8) is 0 Å². The summed E-state index contributed by atoms with van der Waals surface area (Å²) in [7, 11) is 1.86. The minimum Gasteiger partial charge on any atom is -0.494 e. The number of Topliss-reactive ketones (excluding diaryl/α,β-unsaturated/α-hetero) is 1. The Morgan fingerprint density at radius 1 is 1.18 bits per heavy atom. The summed E-state index contributed by atoms with van der Waals surface area (Å²) < 4.78 is 7.58. The van der Waals surface area contributed by atoms with Crippen LogP contribution in [0.15, 0.2) is 70.5 Å². The van der Waals surface area contributed by atoms with Gasteiger partial charge in [0.25, 0.3) is 0 Å². The Bertz CT molecular complexity index is 984. The number of aliphatic hydroxyl groups is 3. The zero-order valence-corrected chi connectivity index (χ0v) is 20.4. The first-order chi connectivity index (χ1) is 16.5. The van der Waals surface area contributed by atoms with Crippen LogP contribution >= 0.6 is 11.8 Å². The third-order valence-corrected chi connectivity index (χ3v) is 7.03. The average Bonchev–Trinajstić information content (AvgIpc) is 3.35. The molecule has 1 aromatic heterocycles. The van der Waals surface area contributed by atoms with Crippen molar-refractivity contribution >= 4 is 17.5 Å². The van der Waals surface area contributed by atoms with Gasteiger partial charge >= 0.3 is 0 Å². The topological polar surface area (TPSA) is 105 Å². The van der Waals surface area contributed by atoms with E-state index in [0.717, 1.165) is 12.2 Å². The number of ether oxygens (including phenoxy) is 1. The molecule has 7 nitrogen and oxygen atoms in total. The predicted molar refractivity (Wildman–Crippen MR) is 132 cm³/mol. The van der Waals surface area contributed by atoms with Crippen LogP contribution in [0.5, 0.6) is 5.75 Å². The summed E-state index contributed by atoms with van der Waals surface area (Å²) in [6, 6.07) is 9.61. The third-order valence-electron chi connectivity index (χ3n) is 5.93. The number of aliphatic hydroxyl groups excluding tert-OH is 2. The van der Waals surface area contributed by atoms with Crippen molar-refractivity contribution in [1.29, 1.82) is 0 Å². The van der Waals surface area contributed by atoms with Gasteiger partial charge in [0, 0.05) is 44.1 Å². The fourth-order valence-electron chi connectivity index (χ4n) is 3.89. The minimum atomic E-state index is -1.33. The molecule has 1 atom stereocenters. The lowest BCUT2D eigenvalue weighted by molar-refractivity contribution is -0.112. The van der Waals surface area contributed by atoms with E-state index in [0.29, 0.717) is 54.3 Å². The van der Waals surface area contributed by atoms with Crippen molar-refractivity contribution in [3.8, 4) is 5.75 Å². The Balaban J connectivity index is 1.64. The van der Waals surface area contributed by atoms with Gasteiger partial charge in [-0.1, -0.05) is 24.3 Å². The maximum atomic E-state index is 13.2. The quantitative estimate of drug-likeness (QED) is 0.276. The van der Waals surface area contributed by atoms with Crippen LogP contribution in [-0.2, 0) is 11.8 Å². The Hall–Kier alpha value is -2.39. The van der Waals surface area contributed by atoms with Crippen molar-refractivity contribution in [1.82, 2.24) is 9.55 Å². The summed E-state index contributed by atoms with van der Waals surface area (Å²) in [5.41, 5.74) is -0.928. The van der Waals surface area contributed by atoms with E-state index in [1.54, 1.807) is 12.3 Å². The van der Waals surface area contributed by atoms with Gasteiger partial charge in [-0.15, -0.1) is 0 Å². The molecule has 184 valence electrons. The van der Waals surface area contributed by atoms with Gasteiger partial charge in [0.15, 0.2) is 10.9 Å². The molecule has 0 saturated carbocycles. The van der Waals surface area contributed by atoms with E-state index >= 15 is 0 Å². The highest BCUT2D eigenvalue weighted by Crippen LogP contribution is 2.41. The van der Waals surface area contributed by atoms with E-state index in [4.69, 9.17) is 4.74 Å². The lowest BCUT2D eigenvalue weighted by Gasteiger charge is -2.22. The Labute approximate surface area is 205 Å². The first-order valence-electron chi connectivity index (χ1n) is 11.7. The largest absolute Gasteiger partial charge is 0.494 e. The molecule has 1 aliphatic carbocycles. The highest BCUT2D eigenvalue weighted by atomic mass is 32.2. The first kappa shape index (κ1) is 26.2. The summed E-state index contributed by atoms with van der Waals surface area (Å²) in [6.07, 6.45) is 10.8. The number of benzene rings is 1. The highest BCUT2D eigenvalue weighted by Gasteiger charge is 2.41. The number of hydrogen-bond donors (Lipinski definition) is 3. The molecule has 0 bridgehead atoms. The SMILES string of the molecule is Cn1ccnc1SC1=CC(O)(CCCCOc2ccccc2)/C(=C/CCCC(CO)CO)C1=O. The van der Waals surface area contributed by atoms with Crippen molar-refractivity contribution in [2.24, 2.45) is 13.0 Å². The number of thioether (sulfide) groups is 1. The van der Waals surface area contributed by atoms with E-state index in [-0.39, 0.29) is 24.9 Å². The molecule has 1 unspecified atom stereocenters. The molecule has 0 saturated heterocycles. The van der Waals surface area contributed by atoms with Crippen LogP contribution < -0.4 is 4.74 Å². The zero-order chi connectivity index (χ0) is 24.4. The standard InChI is InChI=1S/C26H34N2O5S/c1-28-15-14-27-25(28)34-23-17-26(32,13-7-8-16-33-21-10-3-2-4-11-21)22(24(23)31)12-6-5-9-20(18-29)19-30/h2-4,10-12,14-15,17,20,29-30,32H,5-9,13,16,18-19H2,1H3/b22-12+. The molecule has 34 heavy (non-hydrogen) atoms. The number of ketones is 1. The van der Waals surface area contributed by atoms with E-state index in [2.05, 4.69) is 4.98 Å². The number of nitrogens with zero attached hydrogens (tertiary/aromatic N) is 2. The number of aromatic nitrogens is 2. The average molecular weight is 487 g/mol. The lowest BCUT2D eigenvalue weighted by atomic mass is 9.89. The zero-order valence-electron chi connectivity index (χ0n) is 19.6. The molecule has 0 amide bonds. The number of carbonyl (C=O) groups excluding carboxylic acids is 1. The molecular weight excluding hydrogens is 452 g/mol. The van der Waals surface area contributed by atoms with Gasteiger partial charge in [0.05, 0.1) is 11.5 Å². The van der Waals surface area contributed by atoms with Gasteiger partial charge in [-0.05, 0) is 68.5 Å². The van der Waals surface area contributed by atoms with Crippen LogP contribution in [0.3, 0.4) is 0 Å². The smallest absolute Gasteiger partial charge is 0.198 e. The fourth-order valence-corrected chi connectivity index (χ4v) is 4.86. The highest BCUT2D eigenvalue weighted by molar-refractivity contribution is 8.03. The minimum absolute atomic E-state index is 0.0625. The number of unbranched alkanes of at least 4 members (excludes halogenated alkanes) is 2. The molecular formula is C26H34N2O5S. The monoisotopic (exact) mass is 486 g/mol. The summed E-state index contributed by atoms with van der Waals surface area (Å²) >= 11 is 1.26. The van der Waals surface area contributed by atoms with Crippen LogP contribution in [0.2, 0.25) is 0 Å². The number of imidazole rings is 1. The van der Waals surface area contributed by atoms with Gasteiger partial charge in [0.1, 0.15) is 11.4 Å². The van der Waals surface area contributed by atoms with Gasteiger partial charge in [-0.2, -0.15) is 0 Å². The van der Waals surface area contributed by atoms with Crippen LogP contribution in [0.1, 0.15) is 38.5 Å². The molecule has 0 radical (unpaired) electrons. The van der Waals surface area contributed by atoms with E-state index in [9.17, 15) is 20.1 Å². The van der Waals surface area contributed by atoms with Crippen molar-refractivity contribution in [2.45, 2.75) is 49.3 Å². The fraction of sp³-hybridized carbons (Fsp3) is 0.462. The maximum absolute atomic E-state index is 13.2. The lowest BCUT2D eigenvalue weighted by Crippen LogP contribution is -2.28. The van der Waals surface area contributed by atoms with E-state index in [1.165, 1.54) is 11.8 Å². The number of hydrogen-bond acceptors (Lipinski definition) is 7. The molecule has 3 N–H and O–H groups in total. The molecule has 1 aliphatic rings. The van der Waals surface area contributed by atoms with Crippen LogP contribution in [0.25, 0.3) is 0 Å². The van der Waals surface area contributed by atoms with E-state index in [1.807, 2.05) is 54.2 Å². The third kappa shape index (κ3) is 7.06. The summed E-state index contributed by atoms with van der Waals surface area (Å²) in [4.78, 5) is 18.0. The summed E-state index contributed by atoms with van der Waals surface area (Å²) in [5, 5.41) is 30.7. The number of rotatable bonds is 14. The van der Waals surface area contributed by atoms with Gasteiger partial charge in [-0.25, -0.2) is 4.98 Å². The van der Waals surface area contributed by atoms with Gasteiger partial charge in [0.2, 0.25) is 0 Å². The van der Waals surface area contributed by atoms with Crippen LogP contribution in [0, 0.1) is 5.92 Å². The molecule has 8 heteroatoms. The molecule has 2 aromatic rings. The second kappa shape index (κ2) is 12.9. The number of aryl methyl sites for hydroxylation is 1. The van der Waals surface area contributed by atoms with Crippen LogP contribution in [0.4, 0.5) is 0 Å². The Kier molecular flexibility index (Phi) is 9.95. The summed E-state index contributed by atoms with van der Waals surface area (Å²) in [5.74, 6) is 0.487. The Morgan fingerprint density at radius 2 is 1.94 bits per heavy atom. The second-order valence-electron chi connectivity index (χ2n) is 8.58. The van der Waals surface area contributed by atoms with Crippen molar-refractivity contribution < 1.29 is 24.9 Å². The summed E-state index contributed by atoms with van der Waals surface area (Å²) in [6.45, 7) is 0.412. The molecule has 0 fully saturated rings. The number of para-hydroxylation sites is 1. The normalized spacial score (nSPS) is 19.3. The number of carbonyl (C=O) groups is 1. The first-order valence-corrected chi connectivity index (χ1v) is 12.5. The maximum Gasteiger partial charge on any atom is 0.198 e.